The molecule has 1 unspecified atom stereocenters. The molecule has 7 nitrogen and oxygen atoms in total. The van der Waals surface area contributed by atoms with Gasteiger partial charge in [-0.25, -0.2) is 25.9 Å². The topological polar surface area (TPSA) is 104 Å². The van der Waals surface area contributed by atoms with E-state index in [1.54, 1.807) is 14.0 Å². The molecule has 1 rings (SSSR count). The molecule has 10 heteroatoms. The minimum Gasteiger partial charge on any atom is -0.316 e. The molecular weight excluding hydrogens is 321 g/mol. The molecule has 0 amide bonds. The van der Waals surface area contributed by atoms with Crippen LogP contribution in [-0.4, -0.2) is 42.7 Å². The third kappa shape index (κ3) is 5.58. The highest BCUT2D eigenvalue weighted by Crippen LogP contribution is 2.19. The number of sulfonamides is 2. The summed E-state index contributed by atoms with van der Waals surface area (Å²) in [7, 11) is -5.81. The smallest absolute Gasteiger partial charge is 0.240 e. The summed E-state index contributed by atoms with van der Waals surface area (Å²) < 4.78 is 64.0. The van der Waals surface area contributed by atoms with Crippen molar-refractivity contribution in [3.8, 4) is 0 Å². The second-order valence-electron chi connectivity index (χ2n) is 4.56. The lowest BCUT2D eigenvalue weighted by Gasteiger charge is -2.12. The fraction of sp³-hybridized carbons (Fsp3) is 0.455. The van der Waals surface area contributed by atoms with Crippen molar-refractivity contribution >= 4 is 25.7 Å². The Bertz CT molecular complexity index is 704. The summed E-state index contributed by atoms with van der Waals surface area (Å²) in [6, 6.07) is 2.87. The van der Waals surface area contributed by atoms with Gasteiger partial charge in [0.05, 0.1) is 16.8 Å². The van der Waals surface area contributed by atoms with Crippen LogP contribution in [0.1, 0.15) is 6.92 Å². The number of halogens is 1. The molecule has 0 fully saturated rings. The summed E-state index contributed by atoms with van der Waals surface area (Å²) >= 11 is 0. The summed E-state index contributed by atoms with van der Waals surface area (Å²) in [5, 5.41) is 2.86. The molecule has 3 N–H and O–H groups in total. The predicted molar refractivity (Wildman–Crippen MR) is 78.6 cm³/mol. The minimum absolute atomic E-state index is 0.0872. The van der Waals surface area contributed by atoms with E-state index in [0.29, 0.717) is 0 Å². The van der Waals surface area contributed by atoms with E-state index in [1.165, 1.54) is 0 Å². The Balaban J connectivity index is 2.97. The van der Waals surface area contributed by atoms with Crippen molar-refractivity contribution in [3.63, 3.8) is 0 Å². The van der Waals surface area contributed by atoms with Crippen LogP contribution in [0.25, 0.3) is 0 Å². The number of likely N-dealkylation sites (N-methyl/N-ethyl adjacent to an activating group) is 1. The minimum atomic E-state index is -3.86. The lowest BCUT2D eigenvalue weighted by Crippen LogP contribution is -2.37. The molecule has 0 saturated heterocycles. The van der Waals surface area contributed by atoms with Crippen molar-refractivity contribution in [1.29, 1.82) is 0 Å². The van der Waals surface area contributed by atoms with Crippen molar-refractivity contribution in [2.75, 3.05) is 24.6 Å². The standard InChI is InChI=1S/C11H18FN3O4S2/c1-8(13-2)7-14-21(18,19)9-4-5-11(10(12)6-9)15-20(3,16)17/h4-6,8,13-15H,7H2,1-3H3. The predicted octanol–water partition coefficient (Wildman–Crippen LogP) is 0.0834. The van der Waals surface area contributed by atoms with E-state index in [0.717, 1.165) is 24.5 Å². The molecule has 1 aromatic rings. The molecule has 0 bridgehead atoms. The van der Waals surface area contributed by atoms with Gasteiger partial charge in [-0.2, -0.15) is 0 Å². The summed E-state index contributed by atoms with van der Waals surface area (Å²) in [6.07, 6.45) is 0.873. The monoisotopic (exact) mass is 339 g/mol. The maximum Gasteiger partial charge on any atom is 0.240 e. The SMILES string of the molecule is CNC(C)CNS(=O)(=O)c1ccc(NS(C)(=O)=O)c(F)c1. The van der Waals surface area contributed by atoms with Gasteiger partial charge in [-0.15, -0.1) is 0 Å². The van der Waals surface area contributed by atoms with E-state index in [9.17, 15) is 21.2 Å². The van der Waals surface area contributed by atoms with Gasteiger partial charge in [-0.1, -0.05) is 0 Å². The van der Waals surface area contributed by atoms with E-state index in [1.807, 2.05) is 4.72 Å². The lowest BCUT2D eigenvalue weighted by atomic mass is 10.3. The van der Waals surface area contributed by atoms with Gasteiger partial charge in [-0.3, -0.25) is 4.72 Å². The van der Waals surface area contributed by atoms with Crippen molar-refractivity contribution in [1.82, 2.24) is 10.0 Å². The summed E-state index contributed by atoms with van der Waals surface area (Å²) in [6.45, 7) is 1.92. The van der Waals surface area contributed by atoms with E-state index in [2.05, 4.69) is 10.0 Å². The van der Waals surface area contributed by atoms with Gasteiger partial charge in [0.2, 0.25) is 20.0 Å². The second kappa shape index (κ2) is 6.69. The number of benzene rings is 1. The highest BCUT2D eigenvalue weighted by molar-refractivity contribution is 7.92. The lowest BCUT2D eigenvalue weighted by molar-refractivity contribution is 0.553. The normalized spacial score (nSPS) is 13.9. The summed E-state index contributed by atoms with van der Waals surface area (Å²) in [5.74, 6) is -0.968. The first-order chi connectivity index (χ1) is 9.55. The van der Waals surface area contributed by atoms with Crippen molar-refractivity contribution in [2.45, 2.75) is 17.9 Å². The number of nitrogens with one attached hydrogen (secondary N) is 3. The largest absolute Gasteiger partial charge is 0.316 e. The molecule has 0 spiro atoms. The Hall–Kier alpha value is -1.23. The Kier molecular flexibility index (Phi) is 5.68. The summed E-state index contributed by atoms with van der Waals surface area (Å²) in [4.78, 5) is -0.276. The van der Waals surface area contributed by atoms with Gasteiger partial charge in [0.15, 0.2) is 0 Å². The van der Waals surface area contributed by atoms with E-state index in [4.69, 9.17) is 0 Å². The van der Waals surface area contributed by atoms with E-state index in [-0.39, 0.29) is 23.2 Å². The Morgan fingerprint density at radius 3 is 2.33 bits per heavy atom. The molecule has 0 aliphatic carbocycles. The van der Waals surface area contributed by atoms with Crippen LogP contribution in [0.3, 0.4) is 0 Å². The van der Waals surface area contributed by atoms with E-state index >= 15 is 0 Å². The quantitative estimate of drug-likeness (QED) is 0.653. The van der Waals surface area contributed by atoms with Crippen LogP contribution in [-0.2, 0) is 20.0 Å². The maximum absolute atomic E-state index is 13.7. The first-order valence-corrected chi connectivity index (χ1v) is 9.37. The van der Waals surface area contributed by atoms with Crippen LogP contribution < -0.4 is 14.8 Å². The number of hydrogen-bond acceptors (Lipinski definition) is 5. The Labute approximate surface area is 124 Å². The average molecular weight is 339 g/mol. The molecule has 0 radical (unpaired) electrons. The fourth-order valence-corrected chi connectivity index (χ4v) is 3.07. The number of hydrogen-bond donors (Lipinski definition) is 3. The molecule has 0 aliphatic rings. The fourth-order valence-electron chi connectivity index (χ4n) is 1.37. The molecule has 21 heavy (non-hydrogen) atoms. The maximum atomic E-state index is 13.7. The zero-order chi connectivity index (χ0) is 16.3. The highest BCUT2D eigenvalue weighted by Gasteiger charge is 2.17. The Morgan fingerprint density at radius 1 is 1.24 bits per heavy atom. The van der Waals surface area contributed by atoms with Crippen molar-refractivity contribution in [2.24, 2.45) is 0 Å². The molecule has 0 heterocycles. The second-order valence-corrected chi connectivity index (χ2v) is 8.07. The average Bonchev–Trinajstić information content (AvgIpc) is 2.36. The number of rotatable bonds is 7. The van der Waals surface area contributed by atoms with Gasteiger partial charge >= 0.3 is 0 Å². The zero-order valence-electron chi connectivity index (χ0n) is 11.8. The number of anilines is 1. The van der Waals surface area contributed by atoms with Crippen LogP contribution in [0.15, 0.2) is 23.1 Å². The van der Waals surface area contributed by atoms with Crippen LogP contribution in [0.4, 0.5) is 10.1 Å². The molecule has 0 saturated carbocycles. The molecule has 120 valence electrons. The van der Waals surface area contributed by atoms with E-state index < -0.39 is 25.9 Å². The molecular formula is C11H18FN3O4S2. The van der Waals surface area contributed by atoms with Crippen LogP contribution in [0, 0.1) is 5.82 Å². The molecule has 1 atom stereocenters. The molecule has 0 aliphatic heterocycles. The van der Waals surface area contributed by atoms with Gasteiger partial charge in [0, 0.05) is 12.6 Å². The highest BCUT2D eigenvalue weighted by atomic mass is 32.2. The summed E-state index contributed by atoms with van der Waals surface area (Å²) in [5.41, 5.74) is -0.306. The zero-order valence-corrected chi connectivity index (χ0v) is 13.5. The van der Waals surface area contributed by atoms with Gasteiger partial charge in [0.1, 0.15) is 5.82 Å². The van der Waals surface area contributed by atoms with Gasteiger partial charge in [-0.05, 0) is 32.2 Å². The molecule has 0 aromatic heterocycles. The van der Waals surface area contributed by atoms with Gasteiger partial charge < -0.3 is 5.32 Å². The van der Waals surface area contributed by atoms with Crippen molar-refractivity contribution in [3.05, 3.63) is 24.0 Å². The van der Waals surface area contributed by atoms with Crippen LogP contribution in [0.2, 0.25) is 0 Å². The third-order valence-electron chi connectivity index (χ3n) is 2.62. The third-order valence-corrected chi connectivity index (χ3v) is 4.63. The van der Waals surface area contributed by atoms with Crippen LogP contribution in [0.5, 0.6) is 0 Å². The molecule has 1 aromatic carbocycles. The first kappa shape index (κ1) is 17.8. The van der Waals surface area contributed by atoms with Crippen molar-refractivity contribution < 1.29 is 21.2 Å². The first-order valence-electron chi connectivity index (χ1n) is 5.99. The van der Waals surface area contributed by atoms with Gasteiger partial charge in [0.25, 0.3) is 0 Å². The Morgan fingerprint density at radius 2 is 1.86 bits per heavy atom. The van der Waals surface area contributed by atoms with Crippen LogP contribution >= 0.6 is 0 Å².